The van der Waals surface area contributed by atoms with Crippen LogP contribution in [0.4, 0.5) is 0 Å². The van der Waals surface area contributed by atoms with E-state index < -0.39 is 12.0 Å². The van der Waals surface area contributed by atoms with Crippen LogP contribution >= 0.6 is 0 Å². The maximum absolute atomic E-state index is 10.6. The van der Waals surface area contributed by atoms with Crippen LogP contribution in [0, 0.1) is 0 Å². The molecule has 0 aromatic heterocycles. The smallest absolute Gasteiger partial charge is 0.320 e. The van der Waals surface area contributed by atoms with Gasteiger partial charge in [0.15, 0.2) is 0 Å². The fourth-order valence-corrected chi connectivity index (χ4v) is 1.73. The zero-order chi connectivity index (χ0) is 10.8. The Bertz CT molecular complexity index is 372. The number of carboxylic acids is 1. The van der Waals surface area contributed by atoms with E-state index in [1.165, 1.54) is 18.4 Å². The van der Waals surface area contributed by atoms with Crippen molar-refractivity contribution in [3.8, 4) is 0 Å². The molecule has 2 rings (SSSR count). The largest absolute Gasteiger partial charge is 0.480 e. The summed E-state index contributed by atoms with van der Waals surface area (Å²) in [4.78, 5) is 10.6. The number of rotatable bonds is 4. The molecule has 0 unspecified atom stereocenters. The minimum absolute atomic E-state index is 0.413. The summed E-state index contributed by atoms with van der Waals surface area (Å²) in [5.74, 6) is -0.238. The van der Waals surface area contributed by atoms with Crippen molar-refractivity contribution < 1.29 is 9.90 Å². The highest BCUT2D eigenvalue weighted by molar-refractivity contribution is 5.73. The van der Waals surface area contributed by atoms with Crippen molar-refractivity contribution in [1.82, 2.24) is 0 Å². The molecule has 1 atom stereocenters. The Morgan fingerprint density at radius 2 is 2.27 bits per heavy atom. The van der Waals surface area contributed by atoms with Crippen LogP contribution < -0.4 is 5.73 Å². The van der Waals surface area contributed by atoms with Gasteiger partial charge in [-0.05, 0) is 36.3 Å². The molecule has 1 aliphatic rings. The molecule has 1 aromatic rings. The molecule has 0 bridgehead atoms. The first-order valence-electron chi connectivity index (χ1n) is 5.24. The lowest BCUT2D eigenvalue weighted by Gasteiger charge is -2.07. The number of carbonyl (C=O) groups is 1. The number of aliphatic carboxylic acids is 1. The van der Waals surface area contributed by atoms with Crippen LogP contribution in [0.15, 0.2) is 24.3 Å². The molecule has 3 nitrogen and oxygen atoms in total. The molecule has 0 radical (unpaired) electrons. The van der Waals surface area contributed by atoms with Crippen molar-refractivity contribution in [3.05, 3.63) is 35.4 Å². The summed E-state index contributed by atoms with van der Waals surface area (Å²) in [5, 5.41) is 8.71. The molecule has 3 heteroatoms. The molecule has 1 aliphatic carbocycles. The second-order valence-electron chi connectivity index (χ2n) is 4.17. The average Bonchev–Trinajstić information content (AvgIpc) is 3.01. The zero-order valence-corrected chi connectivity index (χ0v) is 8.52. The van der Waals surface area contributed by atoms with E-state index in [0.29, 0.717) is 12.3 Å². The summed E-state index contributed by atoms with van der Waals surface area (Å²) >= 11 is 0. The van der Waals surface area contributed by atoms with Gasteiger partial charge in [-0.15, -0.1) is 0 Å². The van der Waals surface area contributed by atoms with Crippen molar-refractivity contribution in [2.45, 2.75) is 31.2 Å². The van der Waals surface area contributed by atoms with Gasteiger partial charge in [0.2, 0.25) is 0 Å². The van der Waals surface area contributed by atoms with Crippen molar-refractivity contribution in [2.24, 2.45) is 5.73 Å². The molecular formula is C12H15NO2. The van der Waals surface area contributed by atoms with Crippen LogP contribution in [-0.2, 0) is 11.2 Å². The van der Waals surface area contributed by atoms with Gasteiger partial charge in [-0.2, -0.15) is 0 Å². The third kappa shape index (κ3) is 2.57. The van der Waals surface area contributed by atoms with Crippen molar-refractivity contribution >= 4 is 5.97 Å². The fraction of sp³-hybridized carbons (Fsp3) is 0.417. The predicted molar refractivity (Wildman–Crippen MR) is 57.7 cm³/mol. The lowest BCUT2D eigenvalue weighted by atomic mass is 10.0. The zero-order valence-electron chi connectivity index (χ0n) is 8.52. The number of hydrogen-bond acceptors (Lipinski definition) is 2. The van der Waals surface area contributed by atoms with Crippen LogP contribution in [0.2, 0.25) is 0 Å². The first kappa shape index (κ1) is 10.2. The minimum atomic E-state index is -0.938. The maximum atomic E-state index is 10.6. The lowest BCUT2D eigenvalue weighted by molar-refractivity contribution is -0.138. The summed E-state index contributed by atoms with van der Waals surface area (Å²) in [6.45, 7) is 0. The van der Waals surface area contributed by atoms with Crippen molar-refractivity contribution in [1.29, 1.82) is 0 Å². The minimum Gasteiger partial charge on any atom is -0.480 e. The summed E-state index contributed by atoms with van der Waals surface area (Å²) in [6, 6.07) is 7.32. The Labute approximate surface area is 88.9 Å². The van der Waals surface area contributed by atoms with E-state index in [0.717, 1.165) is 5.56 Å². The van der Waals surface area contributed by atoms with E-state index in [2.05, 4.69) is 12.1 Å². The van der Waals surface area contributed by atoms with Gasteiger partial charge in [0.25, 0.3) is 0 Å². The monoisotopic (exact) mass is 205 g/mol. The number of nitrogens with two attached hydrogens (primary N) is 1. The second kappa shape index (κ2) is 4.03. The molecule has 0 aliphatic heterocycles. The van der Waals surface area contributed by atoms with Gasteiger partial charge in [0.1, 0.15) is 6.04 Å². The average molecular weight is 205 g/mol. The van der Waals surface area contributed by atoms with E-state index in [1.54, 1.807) is 0 Å². The fourth-order valence-electron chi connectivity index (χ4n) is 1.73. The van der Waals surface area contributed by atoms with E-state index in [9.17, 15) is 4.79 Å². The van der Waals surface area contributed by atoms with Gasteiger partial charge in [-0.25, -0.2) is 0 Å². The summed E-state index contributed by atoms with van der Waals surface area (Å²) in [5.41, 5.74) is 7.84. The van der Waals surface area contributed by atoms with Crippen LogP contribution in [0.5, 0.6) is 0 Å². The van der Waals surface area contributed by atoms with Gasteiger partial charge in [-0.1, -0.05) is 24.3 Å². The highest BCUT2D eigenvalue weighted by Crippen LogP contribution is 2.40. The highest BCUT2D eigenvalue weighted by atomic mass is 16.4. The Morgan fingerprint density at radius 1 is 1.53 bits per heavy atom. The van der Waals surface area contributed by atoms with Crippen LogP contribution in [0.3, 0.4) is 0 Å². The Balaban J connectivity index is 2.07. The molecule has 0 saturated heterocycles. The predicted octanol–water partition coefficient (Wildman–Crippen LogP) is 1.52. The van der Waals surface area contributed by atoms with Gasteiger partial charge in [0.05, 0.1) is 0 Å². The first-order valence-corrected chi connectivity index (χ1v) is 5.24. The SMILES string of the molecule is N[C@H](Cc1cccc(C2CC2)c1)C(=O)O. The third-order valence-electron chi connectivity index (χ3n) is 2.77. The Hall–Kier alpha value is -1.35. The van der Waals surface area contributed by atoms with Gasteiger partial charge < -0.3 is 10.8 Å². The van der Waals surface area contributed by atoms with E-state index in [-0.39, 0.29) is 0 Å². The Kier molecular flexibility index (Phi) is 2.73. The molecule has 15 heavy (non-hydrogen) atoms. The van der Waals surface area contributed by atoms with Crippen LogP contribution in [0.25, 0.3) is 0 Å². The molecule has 1 aromatic carbocycles. The Morgan fingerprint density at radius 3 is 2.87 bits per heavy atom. The summed E-state index contributed by atoms with van der Waals surface area (Å²) in [7, 11) is 0. The molecule has 80 valence electrons. The molecule has 0 heterocycles. The van der Waals surface area contributed by atoms with Crippen LogP contribution in [0.1, 0.15) is 29.9 Å². The molecule has 3 N–H and O–H groups in total. The maximum Gasteiger partial charge on any atom is 0.320 e. The lowest BCUT2D eigenvalue weighted by Crippen LogP contribution is -2.32. The van der Waals surface area contributed by atoms with E-state index in [1.807, 2.05) is 12.1 Å². The van der Waals surface area contributed by atoms with Crippen molar-refractivity contribution in [2.75, 3.05) is 0 Å². The van der Waals surface area contributed by atoms with E-state index in [4.69, 9.17) is 10.8 Å². The second-order valence-corrected chi connectivity index (χ2v) is 4.17. The van der Waals surface area contributed by atoms with Crippen LogP contribution in [-0.4, -0.2) is 17.1 Å². The highest BCUT2D eigenvalue weighted by Gasteiger charge is 2.23. The van der Waals surface area contributed by atoms with Gasteiger partial charge in [0, 0.05) is 0 Å². The standard InChI is InChI=1S/C12H15NO2/c13-11(12(14)15)7-8-2-1-3-10(6-8)9-4-5-9/h1-3,6,9,11H,4-5,7,13H2,(H,14,15)/t11-/m1/s1. The molecule has 0 spiro atoms. The summed E-state index contributed by atoms with van der Waals surface area (Å²) < 4.78 is 0. The number of hydrogen-bond donors (Lipinski definition) is 2. The molecular weight excluding hydrogens is 190 g/mol. The quantitative estimate of drug-likeness (QED) is 0.783. The topological polar surface area (TPSA) is 63.3 Å². The third-order valence-corrected chi connectivity index (χ3v) is 2.77. The molecule has 0 amide bonds. The first-order chi connectivity index (χ1) is 7.16. The number of carboxylic acid groups (broad SMARTS) is 1. The van der Waals surface area contributed by atoms with E-state index >= 15 is 0 Å². The number of benzene rings is 1. The molecule has 1 saturated carbocycles. The van der Waals surface area contributed by atoms with Gasteiger partial charge >= 0.3 is 5.97 Å². The normalized spacial score (nSPS) is 17.4. The van der Waals surface area contributed by atoms with Gasteiger partial charge in [-0.3, -0.25) is 4.79 Å². The summed E-state index contributed by atoms with van der Waals surface area (Å²) in [6.07, 6.45) is 2.93. The molecule has 1 fully saturated rings. The van der Waals surface area contributed by atoms with Crippen molar-refractivity contribution in [3.63, 3.8) is 0 Å².